The van der Waals surface area contributed by atoms with E-state index >= 15 is 0 Å². The number of ether oxygens (including phenoxy) is 3. The van der Waals surface area contributed by atoms with Crippen LogP contribution in [0.5, 0.6) is 11.6 Å². The maximum atomic E-state index is 12.4. The summed E-state index contributed by atoms with van der Waals surface area (Å²) >= 11 is 0. The molecule has 1 aromatic rings. The smallest absolute Gasteiger partial charge is 0.408 e. The number of fused-ring (bicyclic) bond motifs is 1. The van der Waals surface area contributed by atoms with Crippen LogP contribution in [0.2, 0.25) is 0 Å². The van der Waals surface area contributed by atoms with Gasteiger partial charge in [0, 0.05) is 38.4 Å². The number of rotatable bonds is 2. The summed E-state index contributed by atoms with van der Waals surface area (Å²) in [6.07, 6.45) is 0.0930. The Hall–Kier alpha value is -2.71. The molecule has 28 heavy (non-hydrogen) atoms. The first-order valence-electron chi connectivity index (χ1n) is 9.32. The highest BCUT2D eigenvalue weighted by Gasteiger charge is 2.45. The Morgan fingerprint density at radius 1 is 1.32 bits per heavy atom. The highest BCUT2D eigenvalue weighted by atomic mass is 16.6. The first kappa shape index (κ1) is 20.0. The van der Waals surface area contributed by atoms with Gasteiger partial charge >= 0.3 is 12.2 Å². The van der Waals surface area contributed by atoms with E-state index in [2.05, 4.69) is 10.3 Å². The van der Waals surface area contributed by atoms with Crippen LogP contribution in [0, 0.1) is 0 Å². The normalized spacial score (nSPS) is 20.7. The lowest BCUT2D eigenvalue weighted by Gasteiger charge is -2.46. The van der Waals surface area contributed by atoms with E-state index in [1.165, 1.54) is 12.0 Å². The molecule has 3 heterocycles. The Labute approximate surface area is 164 Å². The third kappa shape index (κ3) is 4.40. The zero-order valence-corrected chi connectivity index (χ0v) is 16.7. The molecule has 2 aliphatic rings. The Morgan fingerprint density at radius 3 is 2.57 bits per heavy atom. The summed E-state index contributed by atoms with van der Waals surface area (Å²) in [5.41, 5.74) is -0.601. The van der Waals surface area contributed by atoms with E-state index in [4.69, 9.17) is 14.2 Å². The summed E-state index contributed by atoms with van der Waals surface area (Å²) in [6.45, 7) is 6.17. The Morgan fingerprint density at radius 2 is 2.00 bits per heavy atom. The minimum absolute atomic E-state index is 0.382. The van der Waals surface area contributed by atoms with Crippen LogP contribution in [0.4, 0.5) is 9.59 Å². The average molecular weight is 393 g/mol. The summed E-state index contributed by atoms with van der Waals surface area (Å²) in [5.74, 6) is 0.992. The van der Waals surface area contributed by atoms with Crippen LogP contribution in [-0.4, -0.2) is 58.6 Å². The van der Waals surface area contributed by atoms with E-state index < -0.39 is 29.4 Å². The molecule has 9 nitrogen and oxygen atoms in total. The maximum Gasteiger partial charge on any atom is 0.408 e. The molecular formula is C19H27N3O6. The van der Waals surface area contributed by atoms with Crippen molar-refractivity contribution in [1.29, 1.82) is 0 Å². The summed E-state index contributed by atoms with van der Waals surface area (Å²) in [5, 5.41) is 12.1. The number of carboxylic acid groups (broad SMARTS) is 1. The van der Waals surface area contributed by atoms with Crippen LogP contribution < -0.4 is 14.8 Å². The number of carbonyl (C=O) groups excluding carboxylic acids is 1. The Kier molecular flexibility index (Phi) is 5.27. The van der Waals surface area contributed by atoms with Crippen molar-refractivity contribution in [2.24, 2.45) is 0 Å². The largest absolute Gasteiger partial charge is 0.485 e. The number of hydrogen-bond acceptors (Lipinski definition) is 6. The predicted molar refractivity (Wildman–Crippen MR) is 99.7 cm³/mol. The van der Waals surface area contributed by atoms with E-state index in [0.29, 0.717) is 49.7 Å². The second-order valence-corrected chi connectivity index (χ2v) is 8.19. The van der Waals surface area contributed by atoms with Crippen molar-refractivity contribution in [1.82, 2.24) is 15.2 Å². The number of piperidine rings is 1. The van der Waals surface area contributed by atoms with Crippen LogP contribution in [0.25, 0.3) is 0 Å². The van der Waals surface area contributed by atoms with Gasteiger partial charge in [0.1, 0.15) is 22.6 Å². The molecular weight excluding hydrogens is 366 g/mol. The van der Waals surface area contributed by atoms with Gasteiger partial charge in [0.25, 0.3) is 0 Å². The van der Waals surface area contributed by atoms with Gasteiger partial charge < -0.3 is 29.5 Å². The number of likely N-dealkylation sites (tertiary alicyclic amines) is 1. The van der Waals surface area contributed by atoms with Crippen molar-refractivity contribution in [2.75, 3.05) is 20.2 Å². The SMILES string of the molecule is COc1ccc2c(n1)[C@@H](NC(=O)OC(C)(C)C)CC1(CCN(C(=O)O)CC1)O2. The second-order valence-electron chi connectivity index (χ2n) is 8.19. The molecule has 2 aliphatic heterocycles. The fourth-order valence-electron chi connectivity index (χ4n) is 3.62. The zero-order valence-electron chi connectivity index (χ0n) is 16.7. The summed E-state index contributed by atoms with van der Waals surface area (Å²) in [7, 11) is 1.53. The fraction of sp³-hybridized carbons (Fsp3) is 0.632. The van der Waals surface area contributed by atoms with Crippen LogP contribution in [-0.2, 0) is 4.74 Å². The molecule has 0 aromatic carbocycles. The molecule has 1 aromatic heterocycles. The van der Waals surface area contributed by atoms with Gasteiger partial charge in [-0.15, -0.1) is 0 Å². The molecule has 0 radical (unpaired) electrons. The number of hydrogen-bond donors (Lipinski definition) is 2. The molecule has 1 spiro atoms. The average Bonchev–Trinajstić information content (AvgIpc) is 2.60. The molecule has 2 amide bonds. The van der Waals surface area contributed by atoms with Gasteiger partial charge in [-0.25, -0.2) is 14.6 Å². The van der Waals surface area contributed by atoms with E-state index in [-0.39, 0.29) is 0 Å². The third-order valence-electron chi connectivity index (χ3n) is 4.94. The molecule has 9 heteroatoms. The Balaban J connectivity index is 1.85. The number of methoxy groups -OCH3 is 1. The zero-order chi connectivity index (χ0) is 20.5. The number of amides is 2. The van der Waals surface area contributed by atoms with Crippen LogP contribution in [0.3, 0.4) is 0 Å². The number of carbonyl (C=O) groups is 2. The summed E-state index contributed by atoms with van der Waals surface area (Å²) in [4.78, 5) is 29.5. The summed E-state index contributed by atoms with van der Waals surface area (Å²) in [6, 6.07) is 3.05. The minimum atomic E-state index is -0.930. The van der Waals surface area contributed by atoms with Gasteiger partial charge in [0.15, 0.2) is 0 Å². The molecule has 0 aliphatic carbocycles. The highest BCUT2D eigenvalue weighted by Crippen LogP contribution is 2.44. The van der Waals surface area contributed by atoms with E-state index in [1.54, 1.807) is 32.9 Å². The van der Waals surface area contributed by atoms with Crippen molar-refractivity contribution < 1.29 is 28.9 Å². The number of aromatic nitrogens is 1. The van der Waals surface area contributed by atoms with Crippen molar-refractivity contribution in [3.05, 3.63) is 17.8 Å². The van der Waals surface area contributed by atoms with Crippen molar-refractivity contribution in [3.63, 3.8) is 0 Å². The molecule has 1 saturated heterocycles. The maximum absolute atomic E-state index is 12.4. The van der Waals surface area contributed by atoms with Crippen molar-refractivity contribution >= 4 is 12.2 Å². The lowest BCUT2D eigenvalue weighted by molar-refractivity contribution is -0.0239. The van der Waals surface area contributed by atoms with E-state index in [9.17, 15) is 14.7 Å². The first-order chi connectivity index (χ1) is 13.1. The number of pyridine rings is 1. The van der Waals surface area contributed by atoms with Crippen molar-refractivity contribution in [2.45, 2.75) is 57.3 Å². The quantitative estimate of drug-likeness (QED) is 0.795. The van der Waals surface area contributed by atoms with Gasteiger partial charge in [-0.1, -0.05) is 0 Å². The molecule has 1 fully saturated rings. The monoisotopic (exact) mass is 393 g/mol. The van der Waals surface area contributed by atoms with Gasteiger partial charge in [-0.2, -0.15) is 0 Å². The summed E-state index contributed by atoms with van der Waals surface area (Å²) < 4.78 is 16.9. The molecule has 0 bridgehead atoms. The molecule has 1 atom stereocenters. The predicted octanol–water partition coefficient (Wildman–Crippen LogP) is 2.95. The second kappa shape index (κ2) is 7.37. The van der Waals surface area contributed by atoms with Crippen LogP contribution in [0.1, 0.15) is 51.8 Å². The molecule has 0 unspecified atom stereocenters. The van der Waals surface area contributed by atoms with Crippen LogP contribution in [0.15, 0.2) is 12.1 Å². The van der Waals surface area contributed by atoms with Gasteiger partial charge in [-0.3, -0.25) is 0 Å². The standard InChI is InChI=1S/C19H27N3O6/c1-18(2,3)28-16(23)20-12-11-19(7-9-22(10-8-19)17(24)25)27-13-5-6-14(26-4)21-15(12)13/h5-6,12H,7-11H2,1-4H3,(H,20,23)(H,24,25)/t12-/m0/s1. The Bertz CT molecular complexity index is 753. The molecule has 0 saturated carbocycles. The fourth-order valence-corrected chi connectivity index (χ4v) is 3.62. The topological polar surface area (TPSA) is 110 Å². The number of nitrogens with one attached hydrogen (secondary N) is 1. The van der Waals surface area contributed by atoms with E-state index in [1.807, 2.05) is 0 Å². The lowest BCUT2D eigenvalue weighted by atomic mass is 9.82. The molecule has 154 valence electrons. The van der Waals surface area contributed by atoms with Gasteiger partial charge in [-0.05, 0) is 26.8 Å². The number of alkyl carbamates (subject to hydrolysis) is 1. The van der Waals surface area contributed by atoms with Crippen LogP contribution >= 0.6 is 0 Å². The highest BCUT2D eigenvalue weighted by molar-refractivity contribution is 5.68. The lowest BCUT2D eigenvalue weighted by Crippen LogP contribution is -2.53. The van der Waals surface area contributed by atoms with E-state index in [0.717, 1.165) is 0 Å². The van der Waals surface area contributed by atoms with Gasteiger partial charge in [0.2, 0.25) is 5.88 Å². The third-order valence-corrected chi connectivity index (χ3v) is 4.94. The van der Waals surface area contributed by atoms with Gasteiger partial charge in [0.05, 0.1) is 13.2 Å². The minimum Gasteiger partial charge on any atom is -0.485 e. The first-order valence-corrected chi connectivity index (χ1v) is 9.32. The molecule has 2 N–H and O–H groups in total. The molecule has 3 rings (SSSR count). The van der Waals surface area contributed by atoms with Crippen molar-refractivity contribution in [3.8, 4) is 11.6 Å². The number of nitrogens with zero attached hydrogens (tertiary/aromatic N) is 2.